The average Bonchev–Trinajstić information content (AvgIpc) is 2.62. The summed E-state index contributed by atoms with van der Waals surface area (Å²) in [4.78, 5) is 1.29. The summed E-state index contributed by atoms with van der Waals surface area (Å²) in [6, 6.07) is 8.64. The van der Waals surface area contributed by atoms with Gasteiger partial charge in [0, 0.05) is 27.8 Å². The minimum atomic E-state index is 0.195. The molecule has 0 spiro atoms. The largest absolute Gasteiger partial charge is 0.195 e. The highest BCUT2D eigenvalue weighted by molar-refractivity contribution is 8.19. The van der Waals surface area contributed by atoms with Gasteiger partial charge in [-0.2, -0.15) is 0 Å². The Morgan fingerprint density at radius 1 is 1.24 bits per heavy atom. The van der Waals surface area contributed by atoms with Gasteiger partial charge in [-0.15, -0.1) is 6.58 Å². The van der Waals surface area contributed by atoms with E-state index in [2.05, 4.69) is 44.0 Å². The highest BCUT2D eigenvalue weighted by Gasteiger charge is 2.43. The minimum absolute atomic E-state index is 0.195. The third-order valence-electron chi connectivity index (χ3n) is 2.75. The van der Waals surface area contributed by atoms with Crippen LogP contribution in [0.15, 0.2) is 56.2 Å². The van der Waals surface area contributed by atoms with Crippen LogP contribution in [0.2, 0.25) is 0 Å². The first kappa shape index (κ1) is 12.6. The van der Waals surface area contributed by atoms with E-state index in [1.807, 2.05) is 23.9 Å². The summed E-state index contributed by atoms with van der Waals surface area (Å²) in [7, 11) is 0.195. The number of benzene rings is 1. The quantitative estimate of drug-likeness (QED) is 0.559. The fraction of sp³-hybridized carbons (Fsp3) is 0.200. The van der Waals surface area contributed by atoms with Gasteiger partial charge in [0.25, 0.3) is 0 Å². The molecule has 1 aliphatic heterocycles. The maximum atomic E-state index is 4.28. The van der Waals surface area contributed by atoms with Gasteiger partial charge in [-0.1, -0.05) is 42.6 Å². The SMILES string of the molecule is C=CCSC1c2ccccc2C(=C)[S+]1CC=C. The summed E-state index contributed by atoms with van der Waals surface area (Å²) in [5.74, 6) is 2.02. The van der Waals surface area contributed by atoms with Gasteiger partial charge in [0.15, 0.2) is 9.49 Å². The van der Waals surface area contributed by atoms with Crippen molar-refractivity contribution in [2.75, 3.05) is 11.5 Å². The molecule has 0 aromatic heterocycles. The molecule has 17 heavy (non-hydrogen) atoms. The molecule has 1 heterocycles. The molecule has 88 valence electrons. The molecule has 0 aliphatic carbocycles. The maximum absolute atomic E-state index is 4.28. The van der Waals surface area contributed by atoms with E-state index in [-0.39, 0.29) is 10.9 Å². The van der Waals surface area contributed by atoms with Crippen molar-refractivity contribution in [3.05, 3.63) is 67.3 Å². The second kappa shape index (κ2) is 5.65. The molecule has 0 bridgehead atoms. The van der Waals surface area contributed by atoms with Crippen molar-refractivity contribution in [1.82, 2.24) is 0 Å². The lowest BCUT2D eigenvalue weighted by Crippen LogP contribution is -2.07. The van der Waals surface area contributed by atoms with E-state index in [1.165, 1.54) is 16.0 Å². The number of fused-ring (bicyclic) bond motifs is 1. The molecule has 0 N–H and O–H groups in total. The second-order valence-electron chi connectivity index (χ2n) is 3.85. The van der Waals surface area contributed by atoms with Gasteiger partial charge in [-0.05, 0) is 18.7 Å². The summed E-state index contributed by atoms with van der Waals surface area (Å²) < 4.78 is 0.537. The van der Waals surface area contributed by atoms with Crippen molar-refractivity contribution in [3.63, 3.8) is 0 Å². The van der Waals surface area contributed by atoms with Gasteiger partial charge in [-0.3, -0.25) is 0 Å². The zero-order valence-corrected chi connectivity index (χ0v) is 11.5. The van der Waals surface area contributed by atoms with Crippen molar-refractivity contribution in [3.8, 4) is 0 Å². The lowest BCUT2D eigenvalue weighted by molar-refractivity contribution is 1.37. The van der Waals surface area contributed by atoms with Crippen LogP contribution in [-0.2, 0) is 10.9 Å². The predicted octanol–water partition coefficient (Wildman–Crippen LogP) is 4.39. The molecular weight excluding hydrogens is 244 g/mol. The average molecular weight is 261 g/mol. The Morgan fingerprint density at radius 2 is 2.00 bits per heavy atom. The molecule has 1 aliphatic rings. The smallest absolute Gasteiger partial charge is 0.102 e. The van der Waals surface area contributed by atoms with Crippen LogP contribution in [0.3, 0.4) is 0 Å². The Morgan fingerprint density at radius 3 is 2.71 bits per heavy atom. The summed E-state index contributed by atoms with van der Waals surface area (Å²) >= 11 is 1.96. The van der Waals surface area contributed by atoms with Gasteiger partial charge < -0.3 is 0 Å². The molecule has 1 aromatic carbocycles. The lowest BCUT2D eigenvalue weighted by atomic mass is 10.1. The van der Waals surface area contributed by atoms with E-state index < -0.39 is 0 Å². The van der Waals surface area contributed by atoms with Gasteiger partial charge in [0.1, 0.15) is 5.75 Å². The monoisotopic (exact) mass is 261 g/mol. The Hall–Kier alpha value is -0.860. The summed E-state index contributed by atoms with van der Waals surface area (Å²) in [6.45, 7) is 12.0. The van der Waals surface area contributed by atoms with Crippen molar-refractivity contribution in [2.45, 2.75) is 4.58 Å². The van der Waals surface area contributed by atoms with Crippen molar-refractivity contribution < 1.29 is 0 Å². The summed E-state index contributed by atoms with van der Waals surface area (Å²) in [5.41, 5.74) is 2.79. The normalized spacial score (nSPS) is 22.2. The van der Waals surface area contributed by atoms with E-state index in [0.29, 0.717) is 4.58 Å². The second-order valence-corrected chi connectivity index (χ2v) is 7.44. The topological polar surface area (TPSA) is 0 Å². The van der Waals surface area contributed by atoms with Gasteiger partial charge in [0.05, 0.1) is 0 Å². The molecule has 0 saturated heterocycles. The molecule has 2 heteroatoms. The van der Waals surface area contributed by atoms with Crippen molar-refractivity contribution >= 4 is 27.6 Å². The number of hydrogen-bond acceptors (Lipinski definition) is 1. The summed E-state index contributed by atoms with van der Waals surface area (Å²) in [5, 5.41) is 0. The third kappa shape index (κ3) is 2.38. The Kier molecular flexibility index (Phi) is 4.19. The molecule has 0 saturated carbocycles. The minimum Gasteiger partial charge on any atom is -0.102 e. The molecule has 0 nitrogen and oxygen atoms in total. The number of rotatable bonds is 5. The van der Waals surface area contributed by atoms with Crippen LogP contribution >= 0.6 is 11.8 Å². The number of thioether (sulfide) groups is 1. The zero-order valence-electron chi connectivity index (χ0n) is 9.89. The van der Waals surface area contributed by atoms with Crippen LogP contribution in [0.4, 0.5) is 0 Å². The van der Waals surface area contributed by atoms with Crippen LogP contribution in [0.1, 0.15) is 15.7 Å². The molecule has 0 fully saturated rings. The fourth-order valence-electron chi connectivity index (χ4n) is 2.02. The van der Waals surface area contributed by atoms with Gasteiger partial charge in [0.2, 0.25) is 0 Å². The first-order valence-corrected chi connectivity index (χ1v) is 8.11. The first-order chi connectivity index (χ1) is 8.29. The Labute approximate surface area is 111 Å². The molecule has 2 rings (SSSR count). The lowest BCUT2D eigenvalue weighted by Gasteiger charge is -2.09. The zero-order chi connectivity index (χ0) is 12.3. The molecule has 0 amide bonds. The van der Waals surface area contributed by atoms with Crippen molar-refractivity contribution in [1.29, 1.82) is 0 Å². The Balaban J connectivity index is 2.34. The third-order valence-corrected chi connectivity index (χ3v) is 7.06. The van der Waals surface area contributed by atoms with Crippen LogP contribution in [0, 0.1) is 0 Å². The van der Waals surface area contributed by atoms with E-state index in [0.717, 1.165) is 11.5 Å². The van der Waals surface area contributed by atoms with Crippen molar-refractivity contribution in [2.24, 2.45) is 0 Å². The van der Waals surface area contributed by atoms with Gasteiger partial charge in [-0.25, -0.2) is 0 Å². The van der Waals surface area contributed by atoms with Crippen LogP contribution in [0.25, 0.3) is 4.91 Å². The van der Waals surface area contributed by atoms with E-state index >= 15 is 0 Å². The Bertz CT molecular complexity index is 448. The van der Waals surface area contributed by atoms with Crippen LogP contribution < -0.4 is 0 Å². The van der Waals surface area contributed by atoms with E-state index in [1.54, 1.807) is 0 Å². The highest BCUT2D eigenvalue weighted by atomic mass is 32.2. The van der Waals surface area contributed by atoms with E-state index in [9.17, 15) is 0 Å². The highest BCUT2D eigenvalue weighted by Crippen LogP contribution is 2.50. The molecule has 1 aromatic rings. The summed E-state index contributed by atoms with van der Waals surface area (Å²) in [6.07, 6.45) is 3.99. The fourth-order valence-corrected chi connectivity index (χ4v) is 6.06. The maximum Gasteiger partial charge on any atom is 0.195 e. The van der Waals surface area contributed by atoms with Crippen LogP contribution in [-0.4, -0.2) is 11.5 Å². The van der Waals surface area contributed by atoms with Gasteiger partial charge >= 0.3 is 0 Å². The predicted molar refractivity (Wildman–Crippen MR) is 83.3 cm³/mol. The van der Waals surface area contributed by atoms with E-state index in [4.69, 9.17) is 0 Å². The molecule has 2 atom stereocenters. The molecule has 0 radical (unpaired) electrons. The number of hydrogen-bond donors (Lipinski definition) is 0. The molecule has 2 unspecified atom stereocenters. The molecular formula is C15H17S2+. The standard InChI is InChI=1S/C15H17S2/c1-4-10-16-15-14-9-7-6-8-13(14)12(3)17(15)11-5-2/h4-9,15H,1-3,10-11H2/q+1. The first-order valence-electron chi connectivity index (χ1n) is 5.61. The van der Waals surface area contributed by atoms with Crippen LogP contribution in [0.5, 0.6) is 0 Å².